The fourth-order valence-corrected chi connectivity index (χ4v) is 3.24. The van der Waals surface area contributed by atoms with Gasteiger partial charge in [-0.1, -0.05) is 22.4 Å². The molecule has 17 heavy (non-hydrogen) atoms. The lowest BCUT2D eigenvalue weighted by Crippen LogP contribution is -2.40. The van der Waals surface area contributed by atoms with Crippen LogP contribution in [0.4, 0.5) is 4.39 Å². The van der Waals surface area contributed by atoms with Gasteiger partial charge in [0.05, 0.1) is 0 Å². The minimum atomic E-state index is -0.186. The molecule has 1 atom stereocenters. The zero-order chi connectivity index (χ0) is 12.3. The first kappa shape index (κ1) is 13.3. The van der Waals surface area contributed by atoms with Crippen molar-refractivity contribution in [1.82, 2.24) is 4.90 Å². The van der Waals surface area contributed by atoms with Gasteiger partial charge in [0.25, 0.3) is 0 Å². The smallest absolute Gasteiger partial charge is 0.124 e. The van der Waals surface area contributed by atoms with Crippen LogP contribution in [0.5, 0.6) is 0 Å². The van der Waals surface area contributed by atoms with Crippen LogP contribution >= 0.6 is 27.5 Å². The Labute approximate surface area is 115 Å². The van der Waals surface area contributed by atoms with Gasteiger partial charge in [0.2, 0.25) is 0 Å². The number of halogens is 3. The number of rotatable bonds is 3. The molecule has 94 valence electrons. The quantitative estimate of drug-likeness (QED) is 0.755. The zero-order valence-corrected chi connectivity index (χ0v) is 12.0. The van der Waals surface area contributed by atoms with Gasteiger partial charge in [0.1, 0.15) is 5.82 Å². The van der Waals surface area contributed by atoms with Crippen molar-refractivity contribution in [2.24, 2.45) is 0 Å². The van der Waals surface area contributed by atoms with Crippen LogP contribution in [-0.4, -0.2) is 23.4 Å². The van der Waals surface area contributed by atoms with E-state index in [0.29, 0.717) is 11.9 Å². The lowest BCUT2D eigenvalue weighted by atomic mass is 10.0. The van der Waals surface area contributed by atoms with Crippen LogP contribution in [0, 0.1) is 5.82 Å². The topological polar surface area (TPSA) is 3.24 Å². The fourth-order valence-electron chi connectivity index (χ4n) is 2.38. The minimum absolute atomic E-state index is 0.186. The molecule has 4 heteroatoms. The van der Waals surface area contributed by atoms with E-state index in [4.69, 9.17) is 11.6 Å². The molecular weight excluding hydrogens is 305 g/mol. The maximum atomic E-state index is 13.3. The van der Waals surface area contributed by atoms with Gasteiger partial charge < -0.3 is 0 Å². The summed E-state index contributed by atoms with van der Waals surface area (Å²) in [6.45, 7) is 1.85. The summed E-state index contributed by atoms with van der Waals surface area (Å²) in [6, 6.07) is 5.50. The Bertz CT molecular complexity index is 365. The number of likely N-dealkylation sites (tertiary alicyclic amines) is 1. The second-order valence-electron chi connectivity index (χ2n) is 4.55. The van der Waals surface area contributed by atoms with Crippen LogP contribution in [0.1, 0.15) is 24.8 Å². The highest BCUT2D eigenvalue weighted by atomic mass is 79.9. The van der Waals surface area contributed by atoms with Crippen LogP contribution in [0.25, 0.3) is 0 Å². The Hall–Kier alpha value is -0.120. The fraction of sp³-hybridized carbons (Fsp3) is 0.538. The number of nitrogens with zero attached hydrogens (tertiary/aromatic N) is 1. The van der Waals surface area contributed by atoms with Gasteiger partial charge >= 0.3 is 0 Å². The van der Waals surface area contributed by atoms with E-state index < -0.39 is 0 Å². The first-order chi connectivity index (χ1) is 8.19. The molecule has 0 amide bonds. The van der Waals surface area contributed by atoms with Crippen molar-refractivity contribution in [1.29, 1.82) is 0 Å². The molecule has 1 aromatic rings. The molecule has 2 rings (SSSR count). The predicted molar refractivity (Wildman–Crippen MR) is 72.9 cm³/mol. The normalized spacial score (nSPS) is 21.7. The number of alkyl halides is 1. The van der Waals surface area contributed by atoms with E-state index >= 15 is 0 Å². The summed E-state index contributed by atoms with van der Waals surface area (Å²) < 4.78 is 14.1. The maximum absolute atomic E-state index is 13.3. The van der Waals surface area contributed by atoms with Crippen molar-refractivity contribution < 1.29 is 4.39 Å². The second kappa shape index (κ2) is 6.17. The molecular formula is C13H16BrClFN. The van der Waals surface area contributed by atoms with E-state index in [0.717, 1.165) is 29.5 Å². The third-order valence-electron chi connectivity index (χ3n) is 3.24. The van der Waals surface area contributed by atoms with Gasteiger partial charge in [0.15, 0.2) is 0 Å². The summed E-state index contributed by atoms with van der Waals surface area (Å²) in [7, 11) is 0. The van der Waals surface area contributed by atoms with Crippen molar-refractivity contribution in [3.05, 3.63) is 34.1 Å². The SMILES string of the molecule is Fc1cc(Br)cc(CN2CCCCC2CCl)c1. The molecule has 1 aliphatic heterocycles. The van der Waals surface area contributed by atoms with Crippen LogP contribution < -0.4 is 0 Å². The summed E-state index contributed by atoms with van der Waals surface area (Å²) >= 11 is 9.30. The van der Waals surface area contributed by atoms with E-state index in [-0.39, 0.29) is 5.82 Å². The molecule has 0 aliphatic carbocycles. The van der Waals surface area contributed by atoms with Gasteiger partial charge in [-0.25, -0.2) is 4.39 Å². The molecule has 1 aliphatic rings. The first-order valence-electron chi connectivity index (χ1n) is 5.94. The molecule has 1 nitrogen and oxygen atoms in total. The Kier molecular flexibility index (Phi) is 4.83. The molecule has 1 aromatic carbocycles. The molecule has 0 radical (unpaired) electrons. The summed E-state index contributed by atoms with van der Waals surface area (Å²) in [6.07, 6.45) is 3.62. The summed E-state index contributed by atoms with van der Waals surface area (Å²) in [4.78, 5) is 2.36. The molecule has 0 bridgehead atoms. The Balaban J connectivity index is 2.08. The van der Waals surface area contributed by atoms with Gasteiger partial charge in [0, 0.05) is 22.9 Å². The summed E-state index contributed by atoms with van der Waals surface area (Å²) in [5.74, 6) is 0.477. The Morgan fingerprint density at radius 1 is 1.35 bits per heavy atom. The van der Waals surface area contributed by atoms with Crippen molar-refractivity contribution in [2.45, 2.75) is 31.8 Å². The largest absolute Gasteiger partial charge is 0.295 e. The summed E-state index contributed by atoms with van der Waals surface area (Å²) in [5, 5.41) is 0. The average molecular weight is 321 g/mol. The lowest BCUT2D eigenvalue weighted by molar-refractivity contribution is 0.155. The van der Waals surface area contributed by atoms with Crippen molar-refractivity contribution in [2.75, 3.05) is 12.4 Å². The van der Waals surface area contributed by atoms with Crippen molar-refractivity contribution >= 4 is 27.5 Å². The first-order valence-corrected chi connectivity index (χ1v) is 7.27. The van der Waals surface area contributed by atoms with E-state index in [1.165, 1.54) is 18.9 Å². The maximum Gasteiger partial charge on any atom is 0.124 e. The van der Waals surface area contributed by atoms with Gasteiger partial charge in [-0.15, -0.1) is 11.6 Å². The Morgan fingerprint density at radius 2 is 2.18 bits per heavy atom. The zero-order valence-electron chi connectivity index (χ0n) is 9.63. The number of hydrogen-bond acceptors (Lipinski definition) is 1. The third kappa shape index (κ3) is 3.67. The third-order valence-corrected chi connectivity index (χ3v) is 4.05. The molecule has 0 N–H and O–H groups in total. The highest BCUT2D eigenvalue weighted by molar-refractivity contribution is 9.10. The molecule has 0 spiro atoms. The van der Waals surface area contributed by atoms with E-state index in [2.05, 4.69) is 20.8 Å². The minimum Gasteiger partial charge on any atom is -0.295 e. The molecule has 0 saturated carbocycles. The molecule has 0 aromatic heterocycles. The van der Waals surface area contributed by atoms with Crippen LogP contribution in [0.3, 0.4) is 0 Å². The van der Waals surface area contributed by atoms with Crippen LogP contribution in [0.2, 0.25) is 0 Å². The van der Waals surface area contributed by atoms with Gasteiger partial charge in [-0.2, -0.15) is 0 Å². The van der Waals surface area contributed by atoms with E-state index in [1.54, 1.807) is 6.07 Å². The van der Waals surface area contributed by atoms with Crippen molar-refractivity contribution in [3.63, 3.8) is 0 Å². The van der Waals surface area contributed by atoms with Crippen molar-refractivity contribution in [3.8, 4) is 0 Å². The number of benzene rings is 1. The Morgan fingerprint density at radius 3 is 2.88 bits per heavy atom. The summed E-state index contributed by atoms with van der Waals surface area (Å²) in [5.41, 5.74) is 1.01. The predicted octanol–water partition coefficient (Wildman–Crippen LogP) is 4.18. The highest BCUT2D eigenvalue weighted by Gasteiger charge is 2.21. The van der Waals surface area contributed by atoms with E-state index in [9.17, 15) is 4.39 Å². The van der Waals surface area contributed by atoms with Gasteiger partial charge in [-0.05, 0) is 43.1 Å². The molecule has 1 unspecified atom stereocenters. The van der Waals surface area contributed by atoms with Gasteiger partial charge in [-0.3, -0.25) is 4.90 Å². The van der Waals surface area contributed by atoms with Crippen LogP contribution in [-0.2, 0) is 6.54 Å². The number of piperidine rings is 1. The molecule has 1 heterocycles. The van der Waals surface area contributed by atoms with E-state index in [1.807, 2.05) is 6.07 Å². The molecule has 1 fully saturated rings. The molecule has 1 saturated heterocycles. The lowest BCUT2D eigenvalue weighted by Gasteiger charge is -2.34. The monoisotopic (exact) mass is 319 g/mol. The second-order valence-corrected chi connectivity index (χ2v) is 5.78. The highest BCUT2D eigenvalue weighted by Crippen LogP contribution is 2.22. The van der Waals surface area contributed by atoms with Crippen LogP contribution in [0.15, 0.2) is 22.7 Å². The number of hydrogen-bond donors (Lipinski definition) is 0. The average Bonchev–Trinajstić information content (AvgIpc) is 2.28. The standard InChI is InChI=1S/C13H16BrClFN/c14-11-5-10(6-12(16)7-11)9-17-4-2-1-3-13(17)8-15/h5-7,13H,1-4,8-9H2.